The molecule has 0 unspecified atom stereocenters. The van der Waals surface area contributed by atoms with Crippen LogP contribution in [0, 0.1) is 0 Å². The summed E-state index contributed by atoms with van der Waals surface area (Å²) in [6.07, 6.45) is 3.54. The van der Waals surface area contributed by atoms with Crippen LogP contribution in [0.5, 0.6) is 0 Å². The van der Waals surface area contributed by atoms with Crippen LogP contribution in [0.2, 0.25) is 0 Å². The molecular weight excluding hydrogens is 202 g/mol. The molecule has 1 aromatic heterocycles. The van der Waals surface area contributed by atoms with E-state index in [1.165, 1.54) is 5.69 Å². The Morgan fingerprint density at radius 2 is 2.25 bits per heavy atom. The first-order chi connectivity index (χ1) is 7.61. The number of aryl methyl sites for hydroxylation is 1. The predicted molar refractivity (Wildman–Crippen MR) is 65.0 cm³/mol. The molecule has 1 aromatic rings. The van der Waals surface area contributed by atoms with Crippen molar-refractivity contribution in [3.8, 4) is 0 Å². The van der Waals surface area contributed by atoms with Crippen LogP contribution in [0.15, 0.2) is 18.3 Å². The Hall–Kier alpha value is -1.29. The summed E-state index contributed by atoms with van der Waals surface area (Å²) < 4.78 is 2.10. The van der Waals surface area contributed by atoms with E-state index < -0.39 is 0 Å². The van der Waals surface area contributed by atoms with Crippen LogP contribution in [0.4, 0.5) is 0 Å². The zero-order valence-corrected chi connectivity index (χ0v) is 10.4. The molecule has 0 radical (unpaired) electrons. The first-order valence-corrected chi connectivity index (χ1v) is 5.62. The molecule has 0 saturated carbocycles. The lowest BCUT2D eigenvalue weighted by Crippen LogP contribution is -2.23. The van der Waals surface area contributed by atoms with E-state index in [0.29, 0.717) is 6.42 Å². The Bertz CT molecular complexity index is 331. The van der Waals surface area contributed by atoms with Crippen LogP contribution in [-0.4, -0.2) is 36.0 Å². The lowest BCUT2D eigenvalue weighted by atomic mass is 10.3. The van der Waals surface area contributed by atoms with E-state index in [1.54, 1.807) is 19.0 Å². The van der Waals surface area contributed by atoms with Gasteiger partial charge in [-0.3, -0.25) is 4.79 Å². The van der Waals surface area contributed by atoms with E-state index in [-0.39, 0.29) is 5.91 Å². The normalized spacial score (nSPS) is 10.4. The number of amides is 1. The summed E-state index contributed by atoms with van der Waals surface area (Å²) in [5, 5.41) is 3.33. The first-order valence-electron chi connectivity index (χ1n) is 5.62. The maximum atomic E-state index is 11.3. The highest BCUT2D eigenvalue weighted by molar-refractivity contribution is 5.75. The second-order valence-electron chi connectivity index (χ2n) is 4.18. The molecule has 0 bridgehead atoms. The summed E-state index contributed by atoms with van der Waals surface area (Å²) in [5.41, 5.74) is 1.26. The van der Waals surface area contributed by atoms with E-state index in [9.17, 15) is 4.79 Å². The van der Waals surface area contributed by atoms with Gasteiger partial charge in [-0.2, -0.15) is 0 Å². The van der Waals surface area contributed by atoms with Gasteiger partial charge in [0.05, 0.1) is 0 Å². The molecule has 1 rings (SSSR count). The molecule has 0 aromatic carbocycles. The summed E-state index contributed by atoms with van der Waals surface area (Å²) in [6, 6.07) is 4.13. The number of carbonyl (C=O) groups is 1. The van der Waals surface area contributed by atoms with E-state index in [2.05, 4.69) is 16.0 Å². The summed E-state index contributed by atoms with van der Waals surface area (Å²) in [7, 11) is 5.62. The number of nitrogens with one attached hydrogen (secondary N) is 1. The lowest BCUT2D eigenvalue weighted by molar-refractivity contribution is -0.128. The molecule has 90 valence electrons. The summed E-state index contributed by atoms with van der Waals surface area (Å²) >= 11 is 0. The van der Waals surface area contributed by atoms with Crippen molar-refractivity contribution in [3.05, 3.63) is 24.0 Å². The minimum absolute atomic E-state index is 0.195. The average molecular weight is 223 g/mol. The second-order valence-corrected chi connectivity index (χ2v) is 4.18. The van der Waals surface area contributed by atoms with Gasteiger partial charge < -0.3 is 14.8 Å². The van der Waals surface area contributed by atoms with Crippen LogP contribution in [0.3, 0.4) is 0 Å². The van der Waals surface area contributed by atoms with Gasteiger partial charge >= 0.3 is 0 Å². The molecule has 0 fully saturated rings. The Morgan fingerprint density at radius 3 is 2.81 bits per heavy atom. The Balaban J connectivity index is 2.09. The topological polar surface area (TPSA) is 37.3 Å². The van der Waals surface area contributed by atoms with Crippen LogP contribution < -0.4 is 5.32 Å². The molecule has 0 atom stereocenters. The van der Waals surface area contributed by atoms with Gasteiger partial charge in [-0.25, -0.2) is 0 Å². The number of aromatic nitrogens is 1. The lowest BCUT2D eigenvalue weighted by Gasteiger charge is -2.10. The molecule has 1 heterocycles. The Kier molecular flexibility index (Phi) is 5.05. The van der Waals surface area contributed by atoms with Crippen LogP contribution >= 0.6 is 0 Å². The number of hydrogen-bond donors (Lipinski definition) is 1. The summed E-state index contributed by atoms with van der Waals surface area (Å²) in [6.45, 7) is 1.74. The van der Waals surface area contributed by atoms with Crippen molar-refractivity contribution in [2.24, 2.45) is 7.05 Å². The molecule has 1 amide bonds. The SMILES string of the molecule is CN(C)C(=O)CCCNCc1cccn1C. The largest absolute Gasteiger partial charge is 0.353 e. The van der Waals surface area contributed by atoms with Gasteiger partial charge in [-0.05, 0) is 25.1 Å². The molecule has 4 heteroatoms. The molecule has 0 aliphatic heterocycles. The number of rotatable bonds is 6. The van der Waals surface area contributed by atoms with E-state index in [0.717, 1.165) is 19.5 Å². The monoisotopic (exact) mass is 223 g/mol. The third kappa shape index (κ3) is 4.06. The quantitative estimate of drug-likeness (QED) is 0.730. The summed E-state index contributed by atoms with van der Waals surface area (Å²) in [5.74, 6) is 0.195. The zero-order valence-electron chi connectivity index (χ0n) is 10.4. The molecule has 0 aliphatic carbocycles. The fraction of sp³-hybridized carbons (Fsp3) is 0.583. The third-order valence-electron chi connectivity index (χ3n) is 2.60. The molecule has 1 N–H and O–H groups in total. The molecule has 0 aliphatic rings. The number of hydrogen-bond acceptors (Lipinski definition) is 2. The second kappa shape index (κ2) is 6.33. The zero-order chi connectivity index (χ0) is 12.0. The Morgan fingerprint density at radius 1 is 1.50 bits per heavy atom. The van der Waals surface area contributed by atoms with Gasteiger partial charge in [0.15, 0.2) is 0 Å². The smallest absolute Gasteiger partial charge is 0.222 e. The standard InChI is InChI=1S/C12H21N3O/c1-14(2)12(16)7-4-8-13-10-11-6-5-9-15(11)3/h5-6,9,13H,4,7-8,10H2,1-3H3. The van der Waals surface area contributed by atoms with Crippen LogP contribution in [0.25, 0.3) is 0 Å². The van der Waals surface area contributed by atoms with E-state index in [4.69, 9.17) is 0 Å². The van der Waals surface area contributed by atoms with Gasteiger partial charge in [-0.15, -0.1) is 0 Å². The van der Waals surface area contributed by atoms with Crippen molar-refractivity contribution < 1.29 is 4.79 Å². The molecular formula is C12H21N3O. The molecule has 4 nitrogen and oxygen atoms in total. The highest BCUT2D eigenvalue weighted by Crippen LogP contribution is 1.99. The van der Waals surface area contributed by atoms with Crippen molar-refractivity contribution in [2.45, 2.75) is 19.4 Å². The first kappa shape index (κ1) is 12.8. The maximum Gasteiger partial charge on any atom is 0.222 e. The minimum Gasteiger partial charge on any atom is -0.353 e. The van der Waals surface area contributed by atoms with Gasteiger partial charge in [0, 0.05) is 46.0 Å². The van der Waals surface area contributed by atoms with Crippen LogP contribution in [-0.2, 0) is 18.4 Å². The average Bonchev–Trinajstić information content (AvgIpc) is 2.63. The van der Waals surface area contributed by atoms with Crippen molar-refractivity contribution >= 4 is 5.91 Å². The van der Waals surface area contributed by atoms with Gasteiger partial charge in [0.25, 0.3) is 0 Å². The minimum atomic E-state index is 0.195. The number of nitrogens with zero attached hydrogens (tertiary/aromatic N) is 2. The fourth-order valence-electron chi connectivity index (χ4n) is 1.48. The van der Waals surface area contributed by atoms with Gasteiger partial charge in [-0.1, -0.05) is 0 Å². The highest BCUT2D eigenvalue weighted by Gasteiger charge is 2.02. The number of carbonyl (C=O) groups excluding carboxylic acids is 1. The van der Waals surface area contributed by atoms with Gasteiger partial charge in [0.1, 0.15) is 0 Å². The fourth-order valence-corrected chi connectivity index (χ4v) is 1.48. The van der Waals surface area contributed by atoms with Crippen molar-refractivity contribution in [1.29, 1.82) is 0 Å². The maximum absolute atomic E-state index is 11.3. The van der Waals surface area contributed by atoms with Crippen LogP contribution in [0.1, 0.15) is 18.5 Å². The van der Waals surface area contributed by atoms with E-state index in [1.807, 2.05) is 19.3 Å². The van der Waals surface area contributed by atoms with E-state index >= 15 is 0 Å². The highest BCUT2D eigenvalue weighted by atomic mass is 16.2. The summed E-state index contributed by atoms with van der Waals surface area (Å²) in [4.78, 5) is 12.9. The molecule has 0 saturated heterocycles. The van der Waals surface area contributed by atoms with Crippen molar-refractivity contribution in [2.75, 3.05) is 20.6 Å². The molecule has 0 spiro atoms. The van der Waals surface area contributed by atoms with Gasteiger partial charge in [0.2, 0.25) is 5.91 Å². The molecule has 16 heavy (non-hydrogen) atoms. The third-order valence-corrected chi connectivity index (χ3v) is 2.60. The predicted octanol–water partition coefficient (Wildman–Crippen LogP) is 0.983. The van der Waals surface area contributed by atoms with Crippen molar-refractivity contribution in [3.63, 3.8) is 0 Å². The van der Waals surface area contributed by atoms with Crippen molar-refractivity contribution in [1.82, 2.24) is 14.8 Å². The Labute approximate surface area is 97.2 Å².